The zero-order valence-electron chi connectivity index (χ0n) is 10.7. The summed E-state index contributed by atoms with van der Waals surface area (Å²) in [7, 11) is 0. The maximum absolute atomic E-state index is 11.8. The number of fused-ring (bicyclic) bond motifs is 1. The quantitative estimate of drug-likeness (QED) is 0.688. The Morgan fingerprint density at radius 2 is 2.24 bits per heavy atom. The number of aryl methyl sites for hydroxylation is 1. The van der Waals surface area contributed by atoms with Gasteiger partial charge in [-0.25, -0.2) is 4.63 Å². The van der Waals surface area contributed by atoms with E-state index in [0.717, 1.165) is 4.47 Å². The van der Waals surface area contributed by atoms with Gasteiger partial charge in [0.05, 0.1) is 5.52 Å². The average molecular weight is 350 g/mol. The molecule has 0 aliphatic carbocycles. The van der Waals surface area contributed by atoms with Gasteiger partial charge in [0.25, 0.3) is 0 Å². The van der Waals surface area contributed by atoms with E-state index in [-0.39, 0.29) is 17.3 Å². The number of aromatic hydroxyl groups is 1. The molecule has 0 aliphatic heterocycles. The summed E-state index contributed by atoms with van der Waals surface area (Å²) in [6.07, 6.45) is 0. The van der Waals surface area contributed by atoms with Crippen molar-refractivity contribution in [1.29, 1.82) is 0 Å². The normalized spacial score (nSPS) is 11.5. The number of nitrogens with zero attached hydrogens (tertiary/aromatic N) is 4. The molecule has 106 valence electrons. The molecule has 21 heavy (non-hydrogen) atoms. The van der Waals surface area contributed by atoms with Crippen LogP contribution in [-0.4, -0.2) is 26.3 Å². The maximum atomic E-state index is 11.8. The van der Waals surface area contributed by atoms with E-state index in [1.54, 1.807) is 19.1 Å². The molecule has 0 unspecified atom stereocenters. The van der Waals surface area contributed by atoms with E-state index in [9.17, 15) is 9.90 Å². The van der Waals surface area contributed by atoms with E-state index in [1.165, 1.54) is 0 Å². The molecule has 9 heteroatoms. The minimum Gasteiger partial charge on any atom is -0.493 e. The third-order valence-electron chi connectivity index (χ3n) is 2.81. The summed E-state index contributed by atoms with van der Waals surface area (Å²) in [6.45, 7) is 1.57. The van der Waals surface area contributed by atoms with Gasteiger partial charge >= 0.3 is 5.91 Å². The Morgan fingerprint density at radius 1 is 1.43 bits per heavy atom. The number of azo groups is 1. The van der Waals surface area contributed by atoms with Crippen LogP contribution < -0.4 is 0 Å². The lowest BCUT2D eigenvalue weighted by molar-refractivity contribution is 0.0985. The van der Waals surface area contributed by atoms with Gasteiger partial charge in [0.1, 0.15) is 5.69 Å². The molecule has 1 aromatic carbocycles. The molecule has 0 radical (unpaired) electrons. The number of rotatable bonds is 2. The first-order chi connectivity index (χ1) is 10.1. The molecule has 3 rings (SSSR count). The summed E-state index contributed by atoms with van der Waals surface area (Å²) >= 11 is 3.33. The fourth-order valence-electron chi connectivity index (χ4n) is 1.81. The molecule has 0 fully saturated rings. The molecule has 0 aliphatic rings. The number of H-pyrrole nitrogens is 1. The van der Waals surface area contributed by atoms with Gasteiger partial charge in [-0.15, -0.1) is 10.2 Å². The Morgan fingerprint density at radius 3 is 2.95 bits per heavy atom. The SMILES string of the molecule is Cc1nonc1C(=O)N=Nc1c(O)[nH]c2ccc(Br)cc12. The number of hydrogen-bond acceptors (Lipinski definition) is 6. The van der Waals surface area contributed by atoms with E-state index in [4.69, 9.17) is 0 Å². The van der Waals surface area contributed by atoms with Crippen molar-refractivity contribution in [3.63, 3.8) is 0 Å². The van der Waals surface area contributed by atoms with Gasteiger partial charge in [0.2, 0.25) is 5.88 Å². The Hall–Kier alpha value is -2.55. The van der Waals surface area contributed by atoms with E-state index >= 15 is 0 Å². The minimum absolute atomic E-state index is 0.0146. The summed E-state index contributed by atoms with van der Waals surface area (Å²) in [4.78, 5) is 14.6. The van der Waals surface area contributed by atoms with Crippen LogP contribution in [0.4, 0.5) is 5.69 Å². The molecule has 2 aromatic heterocycles. The molecule has 1 amide bonds. The van der Waals surface area contributed by atoms with Crippen LogP contribution in [0.1, 0.15) is 16.2 Å². The molecular formula is C12H8BrN5O3. The van der Waals surface area contributed by atoms with Crippen LogP contribution in [0, 0.1) is 6.92 Å². The predicted molar refractivity (Wildman–Crippen MR) is 75.5 cm³/mol. The van der Waals surface area contributed by atoms with Gasteiger partial charge in [0.15, 0.2) is 11.4 Å². The van der Waals surface area contributed by atoms with Crippen molar-refractivity contribution in [2.45, 2.75) is 6.92 Å². The number of aromatic amines is 1. The molecule has 0 saturated heterocycles. The summed E-state index contributed by atoms with van der Waals surface area (Å²) in [5.41, 5.74) is 1.16. The fourth-order valence-corrected chi connectivity index (χ4v) is 2.17. The highest BCUT2D eigenvalue weighted by Crippen LogP contribution is 2.36. The van der Waals surface area contributed by atoms with Crippen molar-refractivity contribution in [3.05, 3.63) is 34.1 Å². The largest absolute Gasteiger partial charge is 0.493 e. The molecule has 0 atom stereocenters. The second kappa shape index (κ2) is 5.09. The number of nitrogens with one attached hydrogen (secondary N) is 1. The van der Waals surface area contributed by atoms with Gasteiger partial charge in [-0.05, 0) is 30.3 Å². The second-order valence-corrected chi connectivity index (χ2v) is 5.13. The second-order valence-electron chi connectivity index (χ2n) is 4.22. The van der Waals surface area contributed by atoms with Gasteiger partial charge in [-0.2, -0.15) is 0 Å². The number of benzene rings is 1. The summed E-state index contributed by atoms with van der Waals surface area (Å²) in [6, 6.07) is 5.34. The van der Waals surface area contributed by atoms with Gasteiger partial charge < -0.3 is 10.1 Å². The van der Waals surface area contributed by atoms with E-state index < -0.39 is 5.91 Å². The maximum Gasteiger partial charge on any atom is 0.319 e. The lowest BCUT2D eigenvalue weighted by Gasteiger charge is -1.92. The van der Waals surface area contributed by atoms with Crippen LogP contribution in [-0.2, 0) is 0 Å². The molecule has 2 heterocycles. The zero-order valence-corrected chi connectivity index (χ0v) is 12.2. The number of amides is 1. The third-order valence-corrected chi connectivity index (χ3v) is 3.30. The van der Waals surface area contributed by atoms with Crippen LogP contribution in [0.3, 0.4) is 0 Å². The lowest BCUT2D eigenvalue weighted by atomic mass is 10.2. The first-order valence-corrected chi connectivity index (χ1v) is 6.61. The summed E-state index contributed by atoms with van der Waals surface area (Å²) in [5, 5.41) is 24.7. The first-order valence-electron chi connectivity index (χ1n) is 5.81. The molecule has 0 saturated carbocycles. The number of carbonyl (C=O) groups is 1. The highest BCUT2D eigenvalue weighted by atomic mass is 79.9. The highest BCUT2D eigenvalue weighted by Gasteiger charge is 2.16. The lowest BCUT2D eigenvalue weighted by Crippen LogP contribution is -1.96. The number of halogens is 1. The smallest absolute Gasteiger partial charge is 0.319 e. The number of aromatic nitrogens is 3. The topological polar surface area (TPSA) is 117 Å². The van der Waals surface area contributed by atoms with Crippen molar-refractivity contribution >= 4 is 38.4 Å². The monoisotopic (exact) mass is 349 g/mol. The summed E-state index contributed by atoms with van der Waals surface area (Å²) in [5.74, 6) is -0.868. The molecule has 3 aromatic rings. The van der Waals surface area contributed by atoms with Gasteiger partial charge in [0, 0.05) is 9.86 Å². The Balaban J connectivity index is 2.00. The molecule has 2 N–H and O–H groups in total. The van der Waals surface area contributed by atoms with Crippen molar-refractivity contribution in [3.8, 4) is 5.88 Å². The Bertz CT molecular complexity index is 867. The van der Waals surface area contributed by atoms with Crippen molar-refractivity contribution in [2.24, 2.45) is 10.2 Å². The van der Waals surface area contributed by atoms with Crippen LogP contribution in [0.5, 0.6) is 5.88 Å². The molecule has 8 nitrogen and oxygen atoms in total. The minimum atomic E-state index is -0.697. The van der Waals surface area contributed by atoms with Crippen molar-refractivity contribution < 1.29 is 14.5 Å². The van der Waals surface area contributed by atoms with Crippen molar-refractivity contribution in [1.82, 2.24) is 15.3 Å². The predicted octanol–water partition coefficient (Wildman–Crippen LogP) is 3.25. The molecule has 0 spiro atoms. The van der Waals surface area contributed by atoms with Gasteiger partial charge in [-0.1, -0.05) is 21.1 Å². The van der Waals surface area contributed by atoms with E-state index in [0.29, 0.717) is 16.6 Å². The Labute approximate surface area is 126 Å². The van der Waals surface area contributed by atoms with E-state index in [2.05, 4.69) is 46.1 Å². The van der Waals surface area contributed by atoms with Crippen LogP contribution >= 0.6 is 15.9 Å². The first kappa shape index (κ1) is 13.4. The van der Waals surface area contributed by atoms with E-state index in [1.807, 2.05) is 6.07 Å². The van der Waals surface area contributed by atoms with Crippen LogP contribution in [0.2, 0.25) is 0 Å². The van der Waals surface area contributed by atoms with Crippen molar-refractivity contribution in [2.75, 3.05) is 0 Å². The van der Waals surface area contributed by atoms with Crippen LogP contribution in [0.15, 0.2) is 37.5 Å². The fraction of sp³-hybridized carbons (Fsp3) is 0.0833. The Kier molecular flexibility index (Phi) is 3.26. The highest BCUT2D eigenvalue weighted by molar-refractivity contribution is 9.10. The molecular weight excluding hydrogens is 342 g/mol. The summed E-state index contributed by atoms with van der Waals surface area (Å²) < 4.78 is 5.24. The number of hydrogen-bond donors (Lipinski definition) is 2. The standard InChI is InChI=1S/C12H8BrN5O3/c1-5-9(18-21-17-5)12(20)16-15-10-7-4-6(13)2-3-8(7)14-11(10)19/h2-4,14,19H,1H3. The molecule has 0 bridgehead atoms. The average Bonchev–Trinajstić information content (AvgIpc) is 2.99. The zero-order chi connectivity index (χ0) is 15.0. The number of carbonyl (C=O) groups excluding carboxylic acids is 1. The third kappa shape index (κ3) is 2.42. The van der Waals surface area contributed by atoms with Crippen LogP contribution in [0.25, 0.3) is 10.9 Å². The van der Waals surface area contributed by atoms with Gasteiger partial charge in [-0.3, -0.25) is 4.79 Å².